The van der Waals surface area contributed by atoms with E-state index in [1.165, 1.54) is 19.3 Å². The Balaban J connectivity index is 1.52. The van der Waals surface area contributed by atoms with Gasteiger partial charge in [-0.1, -0.05) is 49.6 Å². The number of rotatable bonds is 8. The maximum atomic E-state index is 11.8. The quantitative estimate of drug-likeness (QED) is 0.543. The van der Waals surface area contributed by atoms with Crippen LogP contribution in [-0.4, -0.2) is 31.1 Å². The highest BCUT2D eigenvalue weighted by atomic mass is 16.2. The summed E-state index contributed by atoms with van der Waals surface area (Å²) in [6, 6.07) is 9.67. The first-order chi connectivity index (χ1) is 12.1. The van der Waals surface area contributed by atoms with Crippen LogP contribution in [0.25, 0.3) is 0 Å². The molecule has 138 valence electrons. The van der Waals surface area contributed by atoms with E-state index in [2.05, 4.69) is 16.0 Å². The van der Waals surface area contributed by atoms with Crippen LogP contribution in [0.2, 0.25) is 0 Å². The lowest BCUT2D eigenvalue weighted by Gasteiger charge is -2.22. The molecule has 0 bridgehead atoms. The Labute approximate surface area is 149 Å². The van der Waals surface area contributed by atoms with E-state index in [4.69, 9.17) is 5.73 Å². The highest BCUT2D eigenvalue weighted by molar-refractivity contribution is 5.76. The fourth-order valence-corrected chi connectivity index (χ4v) is 3.06. The number of carbonyl (C=O) groups is 2. The fraction of sp³-hybridized carbons (Fsp3) is 0.579. The molecule has 1 unspecified atom stereocenters. The Morgan fingerprint density at radius 3 is 2.52 bits per heavy atom. The Morgan fingerprint density at radius 1 is 1.08 bits per heavy atom. The Morgan fingerprint density at radius 2 is 1.80 bits per heavy atom. The molecule has 2 rings (SSSR count). The summed E-state index contributed by atoms with van der Waals surface area (Å²) >= 11 is 0. The molecule has 1 aliphatic rings. The van der Waals surface area contributed by atoms with Crippen molar-refractivity contribution >= 4 is 11.9 Å². The molecule has 6 nitrogen and oxygen atoms in total. The summed E-state index contributed by atoms with van der Waals surface area (Å²) in [5.41, 5.74) is 7.05. The van der Waals surface area contributed by atoms with Gasteiger partial charge < -0.3 is 21.7 Å². The Bertz CT molecular complexity index is 529. The van der Waals surface area contributed by atoms with Gasteiger partial charge in [0.2, 0.25) is 5.91 Å². The summed E-state index contributed by atoms with van der Waals surface area (Å²) in [4.78, 5) is 23.6. The summed E-state index contributed by atoms with van der Waals surface area (Å²) < 4.78 is 0. The van der Waals surface area contributed by atoms with Gasteiger partial charge in [0.1, 0.15) is 0 Å². The summed E-state index contributed by atoms with van der Waals surface area (Å²) in [6.07, 6.45) is 6.78. The van der Waals surface area contributed by atoms with Crippen LogP contribution in [0.15, 0.2) is 30.3 Å². The van der Waals surface area contributed by atoms with E-state index < -0.39 is 0 Å². The second kappa shape index (κ2) is 10.7. The third kappa shape index (κ3) is 7.56. The molecule has 1 atom stereocenters. The maximum Gasteiger partial charge on any atom is 0.315 e. The molecule has 0 radical (unpaired) electrons. The first-order valence-electron chi connectivity index (χ1n) is 9.27. The summed E-state index contributed by atoms with van der Waals surface area (Å²) in [6.45, 7) is 0.912. The number of hydrogen-bond donors (Lipinski definition) is 4. The Hall–Kier alpha value is -2.08. The molecule has 6 heteroatoms. The average molecular weight is 346 g/mol. The Kier molecular flexibility index (Phi) is 8.25. The van der Waals surface area contributed by atoms with Gasteiger partial charge in [0.25, 0.3) is 0 Å². The lowest BCUT2D eigenvalue weighted by atomic mass is 9.96. The molecule has 1 saturated carbocycles. The second-order valence-corrected chi connectivity index (χ2v) is 6.66. The van der Waals surface area contributed by atoms with Gasteiger partial charge in [-0.05, 0) is 24.8 Å². The first kappa shape index (κ1) is 19.2. The lowest BCUT2D eigenvalue weighted by molar-refractivity contribution is -0.121. The number of urea groups is 1. The fourth-order valence-electron chi connectivity index (χ4n) is 3.06. The van der Waals surface area contributed by atoms with Gasteiger partial charge in [-0.25, -0.2) is 4.79 Å². The van der Waals surface area contributed by atoms with Crippen LogP contribution in [0.3, 0.4) is 0 Å². The molecule has 1 fully saturated rings. The number of benzene rings is 1. The van der Waals surface area contributed by atoms with Crippen molar-refractivity contribution in [2.75, 3.05) is 13.1 Å². The molecule has 1 aromatic carbocycles. The van der Waals surface area contributed by atoms with Crippen LogP contribution >= 0.6 is 0 Å². The topological polar surface area (TPSA) is 96.2 Å². The summed E-state index contributed by atoms with van der Waals surface area (Å²) in [7, 11) is 0. The van der Waals surface area contributed by atoms with E-state index >= 15 is 0 Å². The predicted molar refractivity (Wildman–Crippen MR) is 99.0 cm³/mol. The van der Waals surface area contributed by atoms with E-state index in [1.807, 2.05) is 30.3 Å². The van der Waals surface area contributed by atoms with Crippen molar-refractivity contribution in [2.45, 2.75) is 57.0 Å². The minimum atomic E-state index is -0.204. The third-order valence-corrected chi connectivity index (χ3v) is 4.55. The van der Waals surface area contributed by atoms with Crippen molar-refractivity contribution in [3.63, 3.8) is 0 Å². The van der Waals surface area contributed by atoms with Crippen molar-refractivity contribution in [2.24, 2.45) is 5.73 Å². The minimum absolute atomic E-state index is 0.0409. The van der Waals surface area contributed by atoms with Crippen LogP contribution < -0.4 is 21.7 Å². The second-order valence-electron chi connectivity index (χ2n) is 6.66. The highest BCUT2D eigenvalue weighted by Crippen LogP contribution is 2.17. The lowest BCUT2D eigenvalue weighted by Crippen LogP contribution is -2.43. The van der Waals surface area contributed by atoms with Crippen molar-refractivity contribution in [3.05, 3.63) is 35.9 Å². The molecular weight excluding hydrogens is 316 g/mol. The third-order valence-electron chi connectivity index (χ3n) is 4.55. The van der Waals surface area contributed by atoms with Crippen molar-refractivity contribution in [1.82, 2.24) is 16.0 Å². The number of nitrogens with two attached hydrogens (primary N) is 1. The number of hydrogen-bond acceptors (Lipinski definition) is 3. The molecule has 0 heterocycles. The zero-order chi connectivity index (χ0) is 17.9. The van der Waals surface area contributed by atoms with Crippen molar-refractivity contribution in [3.8, 4) is 0 Å². The molecule has 1 aromatic rings. The molecule has 0 aromatic heterocycles. The first-order valence-corrected chi connectivity index (χ1v) is 9.27. The van der Waals surface area contributed by atoms with Gasteiger partial charge in [-0.2, -0.15) is 0 Å². The van der Waals surface area contributed by atoms with Gasteiger partial charge >= 0.3 is 6.03 Å². The number of amides is 3. The van der Waals surface area contributed by atoms with Gasteiger partial charge in [0.15, 0.2) is 0 Å². The van der Waals surface area contributed by atoms with Gasteiger partial charge in [-0.3, -0.25) is 4.79 Å². The summed E-state index contributed by atoms with van der Waals surface area (Å²) in [5.74, 6) is -0.0409. The normalized spacial score (nSPS) is 16.0. The molecule has 3 amide bonds. The number of nitrogens with one attached hydrogen (secondary N) is 3. The minimum Gasteiger partial charge on any atom is -0.354 e. The maximum absolute atomic E-state index is 11.8. The zero-order valence-electron chi connectivity index (χ0n) is 14.8. The molecule has 1 aliphatic carbocycles. The summed E-state index contributed by atoms with van der Waals surface area (Å²) in [5, 5.41) is 8.66. The van der Waals surface area contributed by atoms with Crippen LogP contribution in [0.4, 0.5) is 4.79 Å². The van der Waals surface area contributed by atoms with Crippen molar-refractivity contribution < 1.29 is 9.59 Å². The smallest absolute Gasteiger partial charge is 0.315 e. The molecule has 25 heavy (non-hydrogen) atoms. The average Bonchev–Trinajstić information content (AvgIpc) is 2.65. The van der Waals surface area contributed by atoms with Crippen LogP contribution in [-0.2, 0) is 4.79 Å². The van der Waals surface area contributed by atoms with Gasteiger partial charge in [-0.15, -0.1) is 0 Å². The van der Waals surface area contributed by atoms with Gasteiger partial charge in [0.05, 0.1) is 0 Å². The van der Waals surface area contributed by atoms with E-state index in [9.17, 15) is 9.59 Å². The molecule has 0 spiro atoms. The monoisotopic (exact) mass is 346 g/mol. The highest BCUT2D eigenvalue weighted by Gasteiger charge is 2.15. The molecule has 0 saturated heterocycles. The molecule has 5 N–H and O–H groups in total. The van der Waals surface area contributed by atoms with Crippen LogP contribution in [0.5, 0.6) is 0 Å². The van der Waals surface area contributed by atoms with Crippen molar-refractivity contribution in [1.29, 1.82) is 0 Å². The molecular formula is C19H30N4O2. The zero-order valence-corrected chi connectivity index (χ0v) is 14.8. The van der Waals surface area contributed by atoms with E-state index in [1.54, 1.807) is 0 Å². The van der Waals surface area contributed by atoms with Crippen LogP contribution in [0.1, 0.15) is 56.6 Å². The van der Waals surface area contributed by atoms with Crippen LogP contribution in [0, 0.1) is 0 Å². The largest absolute Gasteiger partial charge is 0.354 e. The van der Waals surface area contributed by atoms with E-state index in [0.29, 0.717) is 32.0 Å². The predicted octanol–water partition coefficient (Wildman–Crippen LogP) is 2.21. The molecule has 0 aliphatic heterocycles. The number of carbonyl (C=O) groups excluding carboxylic acids is 2. The van der Waals surface area contributed by atoms with Gasteiger partial charge in [0, 0.05) is 31.6 Å². The SMILES string of the molecule is NC(CNC(=O)CCCNC(=O)NC1CCCCC1)c1ccccc1. The van der Waals surface area contributed by atoms with E-state index in [-0.39, 0.29) is 18.0 Å². The standard InChI is InChI=1S/C19H30N4O2/c20-17(15-8-3-1-4-9-15)14-22-18(24)12-7-13-21-19(25)23-16-10-5-2-6-11-16/h1,3-4,8-9,16-17H,2,5-7,10-14,20H2,(H,22,24)(H2,21,23,25). The van der Waals surface area contributed by atoms with E-state index in [0.717, 1.165) is 18.4 Å².